The molecule has 4 rings (SSSR count). The molecule has 0 N–H and O–H groups in total. The Kier molecular flexibility index (Phi) is 4.68. The average Bonchev–Trinajstić information content (AvgIpc) is 3.12. The number of piperazine rings is 1. The largest absolute Gasteiger partial charge is 0.369 e. The Morgan fingerprint density at radius 3 is 2.40 bits per heavy atom. The Labute approximate surface area is 151 Å². The van der Waals surface area contributed by atoms with Crippen LogP contribution in [0.1, 0.15) is 5.89 Å². The minimum Gasteiger partial charge on any atom is -0.369 e. The van der Waals surface area contributed by atoms with Crippen molar-refractivity contribution >= 4 is 17.3 Å². The molecule has 2 heterocycles. The van der Waals surface area contributed by atoms with Crippen LogP contribution in [0.2, 0.25) is 5.02 Å². The molecule has 2 aromatic carbocycles. The highest BCUT2D eigenvalue weighted by Crippen LogP contribution is 2.25. The van der Waals surface area contributed by atoms with Gasteiger partial charge in [0.15, 0.2) is 0 Å². The molecule has 0 amide bonds. The normalized spacial score (nSPS) is 15.5. The van der Waals surface area contributed by atoms with Crippen molar-refractivity contribution in [1.29, 1.82) is 0 Å². The van der Waals surface area contributed by atoms with Crippen LogP contribution in [0.4, 0.5) is 5.69 Å². The lowest BCUT2D eigenvalue weighted by molar-refractivity contribution is 0.215. The molecule has 1 aliphatic rings. The zero-order valence-electron chi connectivity index (χ0n) is 13.8. The van der Waals surface area contributed by atoms with E-state index in [1.807, 2.05) is 30.3 Å². The van der Waals surface area contributed by atoms with Gasteiger partial charge in [-0.3, -0.25) is 4.90 Å². The van der Waals surface area contributed by atoms with Crippen molar-refractivity contribution in [2.75, 3.05) is 31.1 Å². The second-order valence-corrected chi connectivity index (χ2v) is 6.50. The predicted molar refractivity (Wildman–Crippen MR) is 98.7 cm³/mol. The maximum atomic E-state index is 6.20. The second kappa shape index (κ2) is 7.25. The molecular formula is C19H19ClN4O. The number of halogens is 1. The van der Waals surface area contributed by atoms with Gasteiger partial charge in [0.2, 0.25) is 11.7 Å². The van der Waals surface area contributed by atoms with E-state index in [0.717, 1.165) is 31.7 Å². The van der Waals surface area contributed by atoms with Crippen LogP contribution in [-0.4, -0.2) is 41.2 Å². The molecule has 1 fully saturated rings. The van der Waals surface area contributed by atoms with E-state index >= 15 is 0 Å². The highest BCUT2D eigenvalue weighted by Gasteiger charge is 2.20. The van der Waals surface area contributed by atoms with Crippen molar-refractivity contribution in [3.8, 4) is 11.4 Å². The second-order valence-electron chi connectivity index (χ2n) is 6.09. The van der Waals surface area contributed by atoms with Crippen LogP contribution in [0.5, 0.6) is 0 Å². The predicted octanol–water partition coefficient (Wildman–Crippen LogP) is 3.71. The summed E-state index contributed by atoms with van der Waals surface area (Å²) in [6.45, 7) is 4.60. The SMILES string of the molecule is Clc1ccccc1-c1noc(CN2CCN(c3ccccc3)CC2)n1. The number of anilines is 1. The molecule has 1 aliphatic heterocycles. The number of hydrogen-bond acceptors (Lipinski definition) is 5. The minimum atomic E-state index is 0.545. The van der Waals surface area contributed by atoms with Gasteiger partial charge in [0.25, 0.3) is 0 Å². The van der Waals surface area contributed by atoms with Crippen LogP contribution in [0.3, 0.4) is 0 Å². The fraction of sp³-hybridized carbons (Fsp3) is 0.263. The van der Waals surface area contributed by atoms with Crippen LogP contribution in [0.25, 0.3) is 11.4 Å². The van der Waals surface area contributed by atoms with Gasteiger partial charge in [0.1, 0.15) is 0 Å². The van der Waals surface area contributed by atoms with Gasteiger partial charge >= 0.3 is 0 Å². The summed E-state index contributed by atoms with van der Waals surface area (Å²) in [5, 5.41) is 4.70. The molecule has 0 unspecified atom stereocenters. The number of aromatic nitrogens is 2. The van der Waals surface area contributed by atoms with Crippen molar-refractivity contribution in [2.24, 2.45) is 0 Å². The van der Waals surface area contributed by atoms with Crippen molar-refractivity contribution in [3.63, 3.8) is 0 Å². The van der Waals surface area contributed by atoms with Gasteiger partial charge < -0.3 is 9.42 Å². The first-order chi connectivity index (χ1) is 12.3. The maximum absolute atomic E-state index is 6.20. The van der Waals surface area contributed by atoms with E-state index in [0.29, 0.717) is 23.3 Å². The molecule has 0 radical (unpaired) electrons. The summed E-state index contributed by atoms with van der Waals surface area (Å²) in [5.41, 5.74) is 2.08. The molecule has 0 aliphatic carbocycles. The van der Waals surface area contributed by atoms with Gasteiger partial charge in [-0.2, -0.15) is 4.98 Å². The van der Waals surface area contributed by atoms with E-state index in [1.165, 1.54) is 5.69 Å². The van der Waals surface area contributed by atoms with E-state index in [-0.39, 0.29) is 0 Å². The molecule has 6 heteroatoms. The molecule has 3 aromatic rings. The lowest BCUT2D eigenvalue weighted by atomic mass is 10.2. The smallest absolute Gasteiger partial charge is 0.241 e. The van der Waals surface area contributed by atoms with Crippen LogP contribution >= 0.6 is 11.6 Å². The maximum Gasteiger partial charge on any atom is 0.241 e. The number of rotatable bonds is 4. The van der Waals surface area contributed by atoms with Crippen molar-refractivity contribution < 1.29 is 4.52 Å². The summed E-state index contributed by atoms with van der Waals surface area (Å²) in [5.74, 6) is 1.17. The highest BCUT2D eigenvalue weighted by atomic mass is 35.5. The Bertz CT molecular complexity index is 828. The summed E-state index contributed by atoms with van der Waals surface area (Å²) < 4.78 is 5.41. The summed E-state index contributed by atoms with van der Waals surface area (Å²) in [6, 6.07) is 18.1. The molecule has 128 valence electrons. The van der Waals surface area contributed by atoms with Gasteiger partial charge in [-0.05, 0) is 24.3 Å². The Balaban J connectivity index is 1.37. The summed E-state index contributed by atoms with van der Waals surface area (Å²) >= 11 is 6.20. The molecule has 0 bridgehead atoms. The zero-order valence-corrected chi connectivity index (χ0v) is 14.6. The van der Waals surface area contributed by atoms with Gasteiger partial charge in [-0.25, -0.2) is 0 Å². The Morgan fingerprint density at radius 1 is 0.920 bits per heavy atom. The first kappa shape index (κ1) is 16.1. The molecule has 1 saturated heterocycles. The third-order valence-corrected chi connectivity index (χ3v) is 4.76. The average molecular weight is 355 g/mol. The number of hydrogen-bond donors (Lipinski definition) is 0. The van der Waals surface area contributed by atoms with Crippen LogP contribution in [0.15, 0.2) is 59.1 Å². The van der Waals surface area contributed by atoms with Gasteiger partial charge in [0, 0.05) is 37.4 Å². The summed E-state index contributed by atoms with van der Waals surface area (Å²) in [6.07, 6.45) is 0. The van der Waals surface area contributed by atoms with Crippen molar-refractivity contribution in [2.45, 2.75) is 6.54 Å². The summed E-state index contributed by atoms with van der Waals surface area (Å²) in [7, 11) is 0. The number of para-hydroxylation sites is 1. The molecular weight excluding hydrogens is 336 g/mol. The Hall–Kier alpha value is -2.37. The fourth-order valence-electron chi connectivity index (χ4n) is 3.07. The van der Waals surface area contributed by atoms with E-state index in [4.69, 9.17) is 16.1 Å². The van der Waals surface area contributed by atoms with E-state index in [9.17, 15) is 0 Å². The fourth-order valence-corrected chi connectivity index (χ4v) is 3.29. The third-order valence-electron chi connectivity index (χ3n) is 4.44. The lowest BCUT2D eigenvalue weighted by Crippen LogP contribution is -2.46. The first-order valence-corrected chi connectivity index (χ1v) is 8.77. The first-order valence-electron chi connectivity index (χ1n) is 8.39. The third kappa shape index (κ3) is 3.67. The minimum absolute atomic E-state index is 0.545. The van der Waals surface area contributed by atoms with Crippen molar-refractivity contribution in [1.82, 2.24) is 15.0 Å². The quantitative estimate of drug-likeness (QED) is 0.714. The number of benzene rings is 2. The topological polar surface area (TPSA) is 45.4 Å². The van der Waals surface area contributed by atoms with Crippen molar-refractivity contribution in [3.05, 3.63) is 65.5 Å². The van der Waals surface area contributed by atoms with Gasteiger partial charge in [-0.15, -0.1) is 0 Å². The lowest BCUT2D eigenvalue weighted by Gasteiger charge is -2.35. The Morgan fingerprint density at radius 2 is 1.64 bits per heavy atom. The molecule has 1 aromatic heterocycles. The zero-order chi connectivity index (χ0) is 17.1. The van der Waals surface area contributed by atoms with E-state index in [1.54, 1.807) is 0 Å². The monoisotopic (exact) mass is 354 g/mol. The van der Waals surface area contributed by atoms with Crippen LogP contribution in [-0.2, 0) is 6.54 Å². The molecule has 25 heavy (non-hydrogen) atoms. The molecule has 0 spiro atoms. The van der Waals surface area contributed by atoms with Crippen LogP contribution < -0.4 is 4.90 Å². The van der Waals surface area contributed by atoms with E-state index in [2.05, 4.69) is 44.2 Å². The van der Waals surface area contributed by atoms with Gasteiger partial charge in [-0.1, -0.05) is 47.1 Å². The van der Waals surface area contributed by atoms with Crippen LogP contribution in [0, 0.1) is 0 Å². The standard InChI is InChI=1S/C19H19ClN4O/c20-17-9-5-4-8-16(17)19-21-18(25-22-19)14-23-10-12-24(13-11-23)15-6-2-1-3-7-15/h1-9H,10-14H2. The molecule has 0 saturated carbocycles. The summed E-state index contributed by atoms with van der Waals surface area (Å²) in [4.78, 5) is 9.23. The van der Waals surface area contributed by atoms with E-state index < -0.39 is 0 Å². The highest BCUT2D eigenvalue weighted by molar-refractivity contribution is 6.33. The molecule has 5 nitrogen and oxygen atoms in total. The van der Waals surface area contributed by atoms with Gasteiger partial charge in [0.05, 0.1) is 11.6 Å². The number of nitrogens with zero attached hydrogens (tertiary/aromatic N) is 4. The molecule has 0 atom stereocenters.